The molecule has 0 fully saturated rings. The molecule has 0 saturated heterocycles. The van der Waals surface area contributed by atoms with Gasteiger partial charge in [0, 0.05) is 12.7 Å². The Hall–Kier alpha value is -0.500. The largest absolute Gasteiger partial charge is 0.277 e. The van der Waals surface area contributed by atoms with Crippen LogP contribution in [0, 0.1) is 0 Å². The van der Waals surface area contributed by atoms with Crippen molar-refractivity contribution >= 4 is 0 Å². The van der Waals surface area contributed by atoms with E-state index in [2.05, 4.69) is 6.58 Å². The molecule has 0 rings (SSSR count). The van der Waals surface area contributed by atoms with Crippen LogP contribution in [0.3, 0.4) is 0 Å². The Morgan fingerprint density at radius 3 is 2.38 bits per heavy atom. The standard InChI is InChI=1S/C6H13NO/c1-5-6(2)7(3)8-4/h2,5H2,1,3-4H3. The summed E-state index contributed by atoms with van der Waals surface area (Å²) in [5, 5.41) is 1.65. The molecule has 0 aliphatic heterocycles. The van der Waals surface area contributed by atoms with Gasteiger partial charge in [0.05, 0.1) is 7.11 Å². The van der Waals surface area contributed by atoms with Crippen molar-refractivity contribution in [1.82, 2.24) is 5.06 Å². The smallest absolute Gasteiger partial charge is 0.0638 e. The van der Waals surface area contributed by atoms with Crippen LogP contribution in [-0.2, 0) is 4.84 Å². The molecule has 0 aromatic rings. The third kappa shape index (κ3) is 1.98. The maximum atomic E-state index is 4.84. The third-order valence-corrected chi connectivity index (χ3v) is 1.13. The average molecular weight is 115 g/mol. The second-order valence-electron chi connectivity index (χ2n) is 1.60. The van der Waals surface area contributed by atoms with Crippen molar-refractivity contribution in [3.05, 3.63) is 12.3 Å². The summed E-state index contributed by atoms with van der Waals surface area (Å²) < 4.78 is 0. The molecule has 0 radical (unpaired) electrons. The molecular weight excluding hydrogens is 102 g/mol. The Morgan fingerprint density at radius 2 is 2.25 bits per heavy atom. The molecule has 0 amide bonds. The normalized spacial score (nSPS) is 8.88. The zero-order chi connectivity index (χ0) is 6.57. The lowest BCUT2D eigenvalue weighted by molar-refractivity contribution is -0.0789. The quantitative estimate of drug-likeness (QED) is 0.515. The summed E-state index contributed by atoms with van der Waals surface area (Å²) in [6.45, 7) is 5.78. The summed E-state index contributed by atoms with van der Waals surface area (Å²) in [5.41, 5.74) is 0.993. The number of hydrogen-bond donors (Lipinski definition) is 0. The Balaban J connectivity index is 3.46. The van der Waals surface area contributed by atoms with E-state index in [4.69, 9.17) is 4.84 Å². The van der Waals surface area contributed by atoms with Gasteiger partial charge in [0.25, 0.3) is 0 Å². The molecule has 48 valence electrons. The Morgan fingerprint density at radius 1 is 1.75 bits per heavy atom. The number of rotatable bonds is 3. The highest BCUT2D eigenvalue weighted by Crippen LogP contribution is 2.00. The highest BCUT2D eigenvalue weighted by atomic mass is 16.7. The first-order valence-electron chi connectivity index (χ1n) is 2.68. The zero-order valence-electron chi connectivity index (χ0n) is 5.77. The van der Waals surface area contributed by atoms with Crippen LogP contribution in [0.2, 0.25) is 0 Å². The molecule has 0 saturated carbocycles. The van der Waals surface area contributed by atoms with E-state index in [0.29, 0.717) is 0 Å². The van der Waals surface area contributed by atoms with Gasteiger partial charge in [0.1, 0.15) is 0 Å². The molecule has 0 bridgehead atoms. The Bertz CT molecular complexity index is 80.6. The van der Waals surface area contributed by atoms with Crippen molar-refractivity contribution in [3.8, 4) is 0 Å². The lowest BCUT2D eigenvalue weighted by atomic mass is 10.4. The minimum absolute atomic E-state index is 0.935. The molecule has 0 aromatic carbocycles. The number of hydroxylamine groups is 2. The first-order valence-corrected chi connectivity index (χ1v) is 2.68. The second-order valence-corrected chi connectivity index (χ2v) is 1.60. The maximum absolute atomic E-state index is 4.84. The van der Waals surface area contributed by atoms with Gasteiger partial charge in [-0.05, 0) is 6.42 Å². The van der Waals surface area contributed by atoms with Gasteiger partial charge in [-0.3, -0.25) is 9.90 Å². The van der Waals surface area contributed by atoms with E-state index in [1.807, 2.05) is 14.0 Å². The first kappa shape index (κ1) is 7.50. The maximum Gasteiger partial charge on any atom is 0.0638 e. The molecule has 0 unspecified atom stereocenters. The molecule has 0 aliphatic carbocycles. The van der Waals surface area contributed by atoms with E-state index in [9.17, 15) is 0 Å². The van der Waals surface area contributed by atoms with Crippen LogP contribution in [0.1, 0.15) is 13.3 Å². The number of hydrogen-bond acceptors (Lipinski definition) is 2. The van der Waals surface area contributed by atoms with E-state index in [0.717, 1.165) is 12.1 Å². The van der Waals surface area contributed by atoms with Crippen molar-refractivity contribution < 1.29 is 4.84 Å². The zero-order valence-corrected chi connectivity index (χ0v) is 5.77. The minimum Gasteiger partial charge on any atom is -0.277 e. The van der Waals surface area contributed by atoms with Gasteiger partial charge in [-0.1, -0.05) is 13.5 Å². The predicted molar refractivity (Wildman–Crippen MR) is 34.2 cm³/mol. The SMILES string of the molecule is C=C(CC)N(C)OC. The molecule has 2 heteroatoms. The predicted octanol–water partition coefficient (Wildman–Crippen LogP) is 1.40. The monoisotopic (exact) mass is 115 g/mol. The second kappa shape index (κ2) is 3.50. The summed E-state index contributed by atoms with van der Waals surface area (Å²) >= 11 is 0. The lowest BCUT2D eigenvalue weighted by Gasteiger charge is -2.16. The van der Waals surface area contributed by atoms with Crippen LogP contribution in [0.15, 0.2) is 12.3 Å². The van der Waals surface area contributed by atoms with E-state index < -0.39 is 0 Å². The highest BCUT2D eigenvalue weighted by Gasteiger charge is 1.93. The van der Waals surface area contributed by atoms with Crippen LogP contribution in [0.4, 0.5) is 0 Å². The van der Waals surface area contributed by atoms with E-state index in [1.54, 1.807) is 12.2 Å². The van der Waals surface area contributed by atoms with Crippen molar-refractivity contribution in [2.45, 2.75) is 13.3 Å². The number of nitrogens with zero attached hydrogens (tertiary/aromatic N) is 1. The van der Waals surface area contributed by atoms with Gasteiger partial charge >= 0.3 is 0 Å². The van der Waals surface area contributed by atoms with E-state index >= 15 is 0 Å². The van der Waals surface area contributed by atoms with Gasteiger partial charge in [0.2, 0.25) is 0 Å². The fraction of sp³-hybridized carbons (Fsp3) is 0.667. The third-order valence-electron chi connectivity index (χ3n) is 1.13. The van der Waals surface area contributed by atoms with Crippen LogP contribution >= 0.6 is 0 Å². The molecule has 0 aliphatic rings. The fourth-order valence-electron chi connectivity index (χ4n) is 0.352. The summed E-state index contributed by atoms with van der Waals surface area (Å²) in [6, 6.07) is 0. The van der Waals surface area contributed by atoms with E-state index in [-0.39, 0.29) is 0 Å². The molecular formula is C6H13NO. The van der Waals surface area contributed by atoms with Gasteiger partial charge in [0.15, 0.2) is 0 Å². The molecule has 0 spiro atoms. The summed E-state index contributed by atoms with van der Waals surface area (Å²) in [7, 11) is 3.46. The van der Waals surface area contributed by atoms with E-state index in [1.165, 1.54) is 0 Å². The Labute approximate surface area is 50.7 Å². The van der Waals surface area contributed by atoms with Crippen molar-refractivity contribution in [2.24, 2.45) is 0 Å². The topological polar surface area (TPSA) is 12.5 Å². The van der Waals surface area contributed by atoms with Gasteiger partial charge in [-0.25, -0.2) is 0 Å². The summed E-state index contributed by atoms with van der Waals surface area (Å²) in [5.74, 6) is 0. The number of allylic oxidation sites excluding steroid dienone is 1. The van der Waals surface area contributed by atoms with Crippen molar-refractivity contribution in [1.29, 1.82) is 0 Å². The average Bonchev–Trinajstić information content (AvgIpc) is 1.84. The molecule has 0 atom stereocenters. The lowest BCUT2D eigenvalue weighted by Crippen LogP contribution is -2.13. The fourth-order valence-corrected chi connectivity index (χ4v) is 0.352. The minimum atomic E-state index is 0.935. The van der Waals surface area contributed by atoms with Crippen LogP contribution in [0.25, 0.3) is 0 Å². The Kier molecular flexibility index (Phi) is 3.28. The van der Waals surface area contributed by atoms with Crippen LogP contribution < -0.4 is 0 Å². The first-order chi connectivity index (χ1) is 3.72. The van der Waals surface area contributed by atoms with Gasteiger partial charge < -0.3 is 0 Å². The van der Waals surface area contributed by atoms with Gasteiger partial charge in [-0.15, -0.1) is 0 Å². The molecule has 2 nitrogen and oxygen atoms in total. The summed E-state index contributed by atoms with van der Waals surface area (Å²) in [6.07, 6.45) is 0.935. The molecule has 0 aromatic heterocycles. The van der Waals surface area contributed by atoms with Gasteiger partial charge in [-0.2, -0.15) is 0 Å². The van der Waals surface area contributed by atoms with Crippen molar-refractivity contribution in [3.63, 3.8) is 0 Å². The highest BCUT2D eigenvalue weighted by molar-refractivity contribution is 4.86. The molecule has 0 heterocycles. The molecule has 8 heavy (non-hydrogen) atoms. The summed E-state index contributed by atoms with van der Waals surface area (Å²) in [4.78, 5) is 4.84. The van der Waals surface area contributed by atoms with Crippen LogP contribution in [0.5, 0.6) is 0 Å². The van der Waals surface area contributed by atoms with Crippen molar-refractivity contribution in [2.75, 3.05) is 14.2 Å². The molecule has 0 N–H and O–H groups in total. The van der Waals surface area contributed by atoms with Crippen LogP contribution in [-0.4, -0.2) is 19.2 Å².